The molecule has 0 spiro atoms. The summed E-state index contributed by atoms with van der Waals surface area (Å²) >= 11 is -1.21. The molecule has 0 aliphatic rings. The quantitative estimate of drug-likeness (QED) is 0.242. The van der Waals surface area contributed by atoms with Gasteiger partial charge in [0.2, 0.25) is 4.90 Å². The van der Waals surface area contributed by atoms with E-state index >= 15 is 0 Å². The molecule has 33 heavy (non-hydrogen) atoms. The molecule has 0 fully saturated rings. The highest BCUT2D eigenvalue weighted by Crippen LogP contribution is 2.28. The predicted molar refractivity (Wildman–Crippen MR) is 139 cm³/mol. The number of nitrogens with two attached hydrogens (primary N) is 1. The first kappa shape index (κ1) is 23.9. The molecular formula is C25H28N5O2S+. The van der Waals surface area contributed by atoms with Crippen molar-refractivity contribution in [2.75, 3.05) is 23.6 Å². The Morgan fingerprint density at radius 3 is 2.33 bits per heavy atom. The molecule has 1 atom stereocenters. The van der Waals surface area contributed by atoms with Gasteiger partial charge in [0, 0.05) is 29.7 Å². The average Bonchev–Trinajstić information content (AvgIpc) is 2.84. The van der Waals surface area contributed by atoms with Crippen molar-refractivity contribution in [2.45, 2.75) is 11.8 Å². The van der Waals surface area contributed by atoms with Gasteiger partial charge in [-0.2, -0.15) is 9.27 Å². The number of hydrogen-bond donors (Lipinski definition) is 5. The Labute approximate surface area is 197 Å². The molecule has 2 amide bonds. The minimum absolute atomic E-state index is 0.215. The minimum Gasteiger partial charge on any atom is -0.401 e. The molecule has 0 saturated carbocycles. The molecule has 0 aliphatic carbocycles. The van der Waals surface area contributed by atoms with Gasteiger partial charge < -0.3 is 16.4 Å². The summed E-state index contributed by atoms with van der Waals surface area (Å²) in [4.78, 5) is 16.9. The second-order valence-electron chi connectivity index (χ2n) is 7.22. The fraction of sp³-hybridized carbons (Fsp3) is 0.120. The van der Waals surface area contributed by atoms with Gasteiger partial charge in [-0.25, -0.2) is 4.79 Å². The van der Waals surface area contributed by atoms with Crippen LogP contribution >= 0.6 is 0 Å². The summed E-state index contributed by atoms with van der Waals surface area (Å²) in [6.45, 7) is 2.05. The van der Waals surface area contributed by atoms with Crippen LogP contribution in [0, 0.1) is 0 Å². The fourth-order valence-corrected chi connectivity index (χ4v) is 4.09. The van der Waals surface area contributed by atoms with Crippen LogP contribution in [0.1, 0.15) is 6.92 Å². The molecule has 6 N–H and O–H groups in total. The van der Waals surface area contributed by atoms with Crippen LogP contribution < -0.4 is 21.1 Å². The van der Waals surface area contributed by atoms with Gasteiger partial charge in [-0.3, -0.25) is 4.99 Å². The number of hydrogen-bond acceptors (Lipinski definition) is 5. The lowest BCUT2D eigenvalue weighted by molar-refractivity contribution is 0.253. The van der Waals surface area contributed by atoms with Gasteiger partial charge >= 0.3 is 17.4 Å². The average molecular weight is 463 g/mol. The third-order valence-corrected chi connectivity index (χ3v) is 5.94. The van der Waals surface area contributed by atoms with Gasteiger partial charge in [-0.05, 0) is 55.0 Å². The van der Waals surface area contributed by atoms with Crippen LogP contribution in [0.15, 0.2) is 101 Å². The highest BCUT2D eigenvalue weighted by molar-refractivity contribution is 7.93. The molecule has 3 aromatic rings. The van der Waals surface area contributed by atoms with Crippen LogP contribution in [0.5, 0.6) is 0 Å². The molecule has 0 aliphatic heterocycles. The first-order valence-electron chi connectivity index (χ1n) is 10.3. The van der Waals surface area contributed by atoms with E-state index in [4.69, 9.17) is 5.73 Å². The zero-order valence-corrected chi connectivity index (χ0v) is 19.4. The molecule has 0 radical (unpaired) electrons. The maximum atomic E-state index is 12.1. The van der Waals surface area contributed by atoms with Crippen molar-refractivity contribution in [1.29, 1.82) is 0 Å². The molecule has 170 valence electrons. The third kappa shape index (κ3) is 7.13. The number of anilines is 2. The maximum Gasteiger partial charge on any atom is 0.319 e. The molecular weight excluding hydrogens is 434 g/mol. The van der Waals surface area contributed by atoms with Crippen molar-refractivity contribution in [3.63, 3.8) is 0 Å². The number of benzene rings is 3. The van der Waals surface area contributed by atoms with Gasteiger partial charge in [0.05, 0.1) is 12.2 Å². The van der Waals surface area contributed by atoms with E-state index in [9.17, 15) is 9.35 Å². The lowest BCUT2D eigenvalue weighted by atomic mass is 10.1. The van der Waals surface area contributed by atoms with Crippen LogP contribution in [0.4, 0.5) is 16.2 Å². The number of carbonyl (C=O) groups is 1. The molecule has 3 aromatic carbocycles. The van der Waals surface area contributed by atoms with Crippen molar-refractivity contribution in [1.82, 2.24) is 5.32 Å². The fourth-order valence-electron chi connectivity index (χ4n) is 3.02. The molecule has 8 heteroatoms. The van der Waals surface area contributed by atoms with Crippen LogP contribution in [-0.2, 0) is 11.4 Å². The molecule has 0 heterocycles. The van der Waals surface area contributed by atoms with E-state index < -0.39 is 11.4 Å². The van der Waals surface area contributed by atoms with Crippen molar-refractivity contribution in [3.8, 4) is 11.1 Å². The Hall–Kier alpha value is -3.75. The predicted octanol–water partition coefficient (Wildman–Crippen LogP) is 4.89. The molecule has 0 saturated heterocycles. The largest absolute Gasteiger partial charge is 0.401 e. The number of aliphatic imine (C=N–C) groups is 1. The van der Waals surface area contributed by atoms with E-state index in [1.165, 1.54) is 0 Å². The number of nitrogens with one attached hydrogen (secondary N) is 3. The van der Waals surface area contributed by atoms with Crippen LogP contribution in [0.3, 0.4) is 0 Å². The number of rotatable bonds is 8. The summed E-state index contributed by atoms with van der Waals surface area (Å²) in [5.41, 5.74) is 10.5. The highest BCUT2D eigenvalue weighted by Gasteiger charge is 2.25. The van der Waals surface area contributed by atoms with Gasteiger partial charge in [-0.1, -0.05) is 42.5 Å². The minimum atomic E-state index is -1.21. The Morgan fingerprint density at radius 1 is 1.00 bits per heavy atom. The summed E-state index contributed by atoms with van der Waals surface area (Å²) in [6.07, 6.45) is 1.71. The van der Waals surface area contributed by atoms with Crippen molar-refractivity contribution >= 4 is 34.5 Å². The normalized spacial score (nSPS) is 12.7. The number of carbonyl (C=O) groups excluding carboxylic acids is 1. The van der Waals surface area contributed by atoms with E-state index in [1.807, 2.05) is 61.5 Å². The van der Waals surface area contributed by atoms with E-state index in [-0.39, 0.29) is 12.6 Å². The van der Waals surface area contributed by atoms with E-state index in [1.54, 1.807) is 37.4 Å². The smallest absolute Gasteiger partial charge is 0.319 e. The monoisotopic (exact) mass is 462 g/mol. The van der Waals surface area contributed by atoms with Crippen molar-refractivity contribution < 1.29 is 9.35 Å². The standard InChI is InChI=1S/C25H27N5O2S/c1-18(27-2)16-20(26)17-28-25(31)29-21-12-14-22(15-13-21)30-33(32)24-11-7-6-10-23(24)19-8-4-3-5-9-19/h3-16,30,32H,17H2,1-2H3,(H3-,26,27,28,29,31)/p+1. The molecule has 0 aromatic heterocycles. The lowest BCUT2D eigenvalue weighted by Gasteiger charge is -2.10. The van der Waals surface area contributed by atoms with Gasteiger partial charge in [0.25, 0.3) is 0 Å². The first-order valence-corrected chi connectivity index (χ1v) is 11.5. The molecule has 1 unspecified atom stereocenters. The lowest BCUT2D eigenvalue weighted by Crippen LogP contribution is -2.32. The summed E-state index contributed by atoms with van der Waals surface area (Å²) in [6, 6.07) is 24.5. The Kier molecular flexibility index (Phi) is 8.51. The van der Waals surface area contributed by atoms with Crippen LogP contribution in [-0.4, -0.2) is 29.9 Å². The topological polar surface area (TPSA) is 112 Å². The Morgan fingerprint density at radius 2 is 1.64 bits per heavy atom. The third-order valence-electron chi connectivity index (χ3n) is 4.74. The van der Waals surface area contributed by atoms with Crippen molar-refractivity contribution in [3.05, 3.63) is 90.6 Å². The second kappa shape index (κ2) is 11.8. The molecule has 0 bridgehead atoms. The maximum absolute atomic E-state index is 12.1. The summed E-state index contributed by atoms with van der Waals surface area (Å²) < 4.78 is 14.0. The molecule has 3 rings (SSSR count). The summed E-state index contributed by atoms with van der Waals surface area (Å²) in [7, 11) is 1.68. The van der Waals surface area contributed by atoms with Gasteiger partial charge in [0.1, 0.15) is 0 Å². The summed E-state index contributed by atoms with van der Waals surface area (Å²) in [5.74, 6) is 0. The Balaban J connectivity index is 1.59. The SMILES string of the molecule is CN=C(C)/C=C(\N)CNC(=O)Nc1ccc(N[S+](O)c2ccccc2-c2ccccc2)cc1. The van der Waals surface area contributed by atoms with Gasteiger partial charge in [-0.15, -0.1) is 0 Å². The zero-order valence-electron chi connectivity index (χ0n) is 18.6. The van der Waals surface area contributed by atoms with Crippen LogP contribution in [0.2, 0.25) is 0 Å². The molecule has 7 nitrogen and oxygen atoms in total. The number of nitrogens with zero attached hydrogens (tertiary/aromatic N) is 1. The van der Waals surface area contributed by atoms with Crippen LogP contribution in [0.25, 0.3) is 11.1 Å². The number of amides is 2. The highest BCUT2D eigenvalue weighted by atomic mass is 32.2. The second-order valence-corrected chi connectivity index (χ2v) is 8.43. The summed E-state index contributed by atoms with van der Waals surface area (Å²) in [5, 5.41) is 5.45. The first-order chi connectivity index (χ1) is 16.0. The Bertz CT molecular complexity index is 1130. The zero-order chi connectivity index (χ0) is 23.6. The van der Waals surface area contributed by atoms with Crippen molar-refractivity contribution in [2.24, 2.45) is 10.7 Å². The number of urea groups is 1. The van der Waals surface area contributed by atoms with E-state index in [2.05, 4.69) is 20.3 Å². The van der Waals surface area contributed by atoms with E-state index in [0.29, 0.717) is 11.4 Å². The number of allylic oxidation sites excluding steroid dienone is 1. The van der Waals surface area contributed by atoms with E-state index in [0.717, 1.165) is 27.4 Å². The van der Waals surface area contributed by atoms with Gasteiger partial charge in [0.15, 0.2) is 0 Å².